The molecule has 0 atom stereocenters. The summed E-state index contributed by atoms with van der Waals surface area (Å²) in [6.45, 7) is 7.11. The fourth-order valence-corrected chi connectivity index (χ4v) is 2.36. The standard InChI is InChI=1S/C16H19ClF3N3O3/c1-8-9(7-26-15(2,3)4)14(25)23(13(8)24)22-11-6-5-10(12(17)21-11)16(18,19)20/h5-6,24-25H,7H2,1-4H3,(H,21,22). The number of aromatic nitrogens is 2. The molecule has 0 spiro atoms. The number of nitrogens with zero attached hydrogens (tertiary/aromatic N) is 2. The Hall–Kier alpha value is -2.13. The first-order valence-corrected chi connectivity index (χ1v) is 7.96. The minimum absolute atomic E-state index is 0.0323. The molecule has 0 bridgehead atoms. The molecule has 0 unspecified atom stereocenters. The first-order valence-electron chi connectivity index (χ1n) is 7.58. The molecule has 2 aromatic heterocycles. The molecule has 0 fully saturated rings. The van der Waals surface area contributed by atoms with E-state index in [1.807, 2.05) is 20.8 Å². The highest BCUT2D eigenvalue weighted by molar-refractivity contribution is 6.30. The van der Waals surface area contributed by atoms with Crippen LogP contribution in [0.4, 0.5) is 19.0 Å². The number of alkyl halides is 3. The molecular weight excluding hydrogens is 375 g/mol. The molecule has 3 N–H and O–H groups in total. The Morgan fingerprint density at radius 1 is 1.19 bits per heavy atom. The third-order valence-corrected chi connectivity index (χ3v) is 3.80. The van der Waals surface area contributed by atoms with Gasteiger partial charge >= 0.3 is 6.18 Å². The summed E-state index contributed by atoms with van der Waals surface area (Å²) in [6, 6.07) is 1.79. The fourth-order valence-electron chi connectivity index (χ4n) is 2.10. The third kappa shape index (κ3) is 4.34. The zero-order chi connectivity index (χ0) is 19.9. The molecule has 6 nitrogen and oxygen atoms in total. The van der Waals surface area contributed by atoms with E-state index in [-0.39, 0.29) is 24.2 Å². The molecule has 0 saturated carbocycles. The molecule has 0 aliphatic heterocycles. The van der Waals surface area contributed by atoms with Gasteiger partial charge in [0.1, 0.15) is 11.0 Å². The molecule has 2 aromatic rings. The summed E-state index contributed by atoms with van der Waals surface area (Å²) in [4.78, 5) is 3.60. The van der Waals surface area contributed by atoms with Gasteiger partial charge < -0.3 is 14.9 Å². The molecule has 0 radical (unpaired) electrons. The van der Waals surface area contributed by atoms with Crippen molar-refractivity contribution < 1.29 is 28.1 Å². The zero-order valence-electron chi connectivity index (χ0n) is 14.6. The van der Waals surface area contributed by atoms with Crippen molar-refractivity contribution in [3.63, 3.8) is 0 Å². The van der Waals surface area contributed by atoms with Gasteiger partial charge in [-0.15, -0.1) is 0 Å². The minimum atomic E-state index is -4.63. The monoisotopic (exact) mass is 393 g/mol. The van der Waals surface area contributed by atoms with Crippen LogP contribution in [0.3, 0.4) is 0 Å². The normalized spacial score (nSPS) is 12.5. The molecule has 0 saturated heterocycles. The molecule has 10 heteroatoms. The Balaban J connectivity index is 2.32. The summed E-state index contributed by atoms with van der Waals surface area (Å²) < 4.78 is 44.7. The van der Waals surface area contributed by atoms with E-state index in [2.05, 4.69) is 10.4 Å². The van der Waals surface area contributed by atoms with Crippen LogP contribution in [0.25, 0.3) is 0 Å². The summed E-state index contributed by atoms with van der Waals surface area (Å²) in [7, 11) is 0. The van der Waals surface area contributed by atoms with Gasteiger partial charge in [-0.1, -0.05) is 11.6 Å². The molecule has 0 aromatic carbocycles. The lowest BCUT2D eigenvalue weighted by Crippen LogP contribution is -2.18. The maximum Gasteiger partial charge on any atom is 0.419 e. The molecule has 2 heterocycles. The van der Waals surface area contributed by atoms with Crippen LogP contribution in [0.1, 0.15) is 37.5 Å². The van der Waals surface area contributed by atoms with E-state index in [4.69, 9.17) is 16.3 Å². The van der Waals surface area contributed by atoms with Crippen LogP contribution < -0.4 is 5.43 Å². The van der Waals surface area contributed by atoms with Crippen molar-refractivity contribution in [2.75, 3.05) is 5.43 Å². The third-order valence-electron chi connectivity index (χ3n) is 3.51. The van der Waals surface area contributed by atoms with Crippen LogP contribution in [-0.4, -0.2) is 25.5 Å². The van der Waals surface area contributed by atoms with Crippen LogP contribution in [-0.2, 0) is 17.5 Å². The first kappa shape index (κ1) is 20.2. The summed E-state index contributed by atoms with van der Waals surface area (Å²) in [5.74, 6) is -0.762. The Kier molecular flexibility index (Phi) is 5.34. The lowest BCUT2D eigenvalue weighted by Gasteiger charge is -2.19. The van der Waals surface area contributed by atoms with Gasteiger partial charge in [0, 0.05) is 11.1 Å². The number of aromatic hydroxyl groups is 2. The van der Waals surface area contributed by atoms with Crippen molar-refractivity contribution in [2.24, 2.45) is 0 Å². The molecule has 26 heavy (non-hydrogen) atoms. The molecule has 0 aliphatic carbocycles. The predicted octanol–water partition coefficient (Wildman–Crippen LogP) is 4.47. The molecule has 144 valence electrons. The zero-order valence-corrected chi connectivity index (χ0v) is 15.3. The number of hydrogen-bond donors (Lipinski definition) is 3. The lowest BCUT2D eigenvalue weighted by molar-refractivity contribution is -0.137. The van der Waals surface area contributed by atoms with E-state index in [1.54, 1.807) is 6.92 Å². The average molecular weight is 394 g/mol. The van der Waals surface area contributed by atoms with Gasteiger partial charge in [-0.3, -0.25) is 5.43 Å². The highest BCUT2D eigenvalue weighted by atomic mass is 35.5. The Labute approximate surface area is 153 Å². The molecule has 0 aliphatic rings. The highest BCUT2D eigenvalue weighted by Crippen LogP contribution is 2.36. The van der Waals surface area contributed by atoms with E-state index in [1.165, 1.54) is 0 Å². The van der Waals surface area contributed by atoms with Crippen molar-refractivity contribution in [2.45, 2.75) is 46.1 Å². The van der Waals surface area contributed by atoms with Gasteiger partial charge in [0.15, 0.2) is 0 Å². The highest BCUT2D eigenvalue weighted by Gasteiger charge is 2.34. The second-order valence-electron chi connectivity index (χ2n) is 6.63. The molecular formula is C16H19ClF3N3O3. The van der Waals surface area contributed by atoms with Crippen molar-refractivity contribution in [1.82, 2.24) is 9.66 Å². The van der Waals surface area contributed by atoms with Gasteiger partial charge in [0.2, 0.25) is 11.8 Å². The van der Waals surface area contributed by atoms with Crippen LogP contribution in [0.2, 0.25) is 5.15 Å². The fraction of sp³-hybridized carbons (Fsp3) is 0.438. The number of hydrogen-bond acceptors (Lipinski definition) is 5. The van der Waals surface area contributed by atoms with E-state index < -0.39 is 22.5 Å². The van der Waals surface area contributed by atoms with Gasteiger partial charge in [-0.05, 0) is 39.8 Å². The summed E-state index contributed by atoms with van der Waals surface area (Å²) >= 11 is 5.57. The number of ether oxygens (including phenoxy) is 1. The second kappa shape index (κ2) is 6.88. The summed E-state index contributed by atoms with van der Waals surface area (Å²) in [6.07, 6.45) is -4.63. The van der Waals surface area contributed by atoms with Crippen LogP contribution in [0.5, 0.6) is 11.8 Å². The first-order chi connectivity index (χ1) is 11.8. The van der Waals surface area contributed by atoms with Gasteiger partial charge in [0.05, 0.1) is 17.8 Å². The number of pyridine rings is 1. The van der Waals surface area contributed by atoms with Crippen molar-refractivity contribution in [3.8, 4) is 11.8 Å². The Bertz CT molecular complexity index is 814. The summed E-state index contributed by atoms with van der Waals surface area (Å²) in [5, 5.41) is 19.8. The van der Waals surface area contributed by atoms with Crippen LogP contribution in [0, 0.1) is 6.92 Å². The van der Waals surface area contributed by atoms with E-state index in [0.717, 1.165) is 16.8 Å². The summed E-state index contributed by atoms with van der Waals surface area (Å²) in [5.41, 5.74) is 1.66. The number of anilines is 1. The van der Waals surface area contributed by atoms with Crippen LogP contribution in [0.15, 0.2) is 12.1 Å². The number of halogens is 4. The number of rotatable bonds is 4. The van der Waals surface area contributed by atoms with E-state index in [9.17, 15) is 23.4 Å². The smallest absolute Gasteiger partial charge is 0.419 e. The van der Waals surface area contributed by atoms with Gasteiger partial charge in [-0.2, -0.15) is 17.8 Å². The maximum absolute atomic E-state index is 12.7. The SMILES string of the molecule is Cc1c(COC(C)(C)C)c(O)n(Nc2ccc(C(F)(F)F)c(Cl)n2)c1O. The maximum atomic E-state index is 12.7. The largest absolute Gasteiger partial charge is 0.493 e. The van der Waals surface area contributed by atoms with Gasteiger partial charge in [0.25, 0.3) is 0 Å². The quantitative estimate of drug-likeness (QED) is 0.668. The topological polar surface area (TPSA) is 79.5 Å². The minimum Gasteiger partial charge on any atom is -0.493 e. The van der Waals surface area contributed by atoms with E-state index >= 15 is 0 Å². The Morgan fingerprint density at radius 2 is 1.81 bits per heavy atom. The Morgan fingerprint density at radius 3 is 2.31 bits per heavy atom. The van der Waals surface area contributed by atoms with Crippen molar-refractivity contribution >= 4 is 17.4 Å². The predicted molar refractivity (Wildman–Crippen MR) is 90.3 cm³/mol. The van der Waals surface area contributed by atoms with Crippen molar-refractivity contribution in [1.29, 1.82) is 0 Å². The average Bonchev–Trinajstić information content (AvgIpc) is 2.67. The van der Waals surface area contributed by atoms with Crippen LogP contribution >= 0.6 is 11.6 Å². The van der Waals surface area contributed by atoms with E-state index in [0.29, 0.717) is 11.1 Å². The van der Waals surface area contributed by atoms with Gasteiger partial charge in [-0.25, -0.2) is 4.98 Å². The molecule has 0 amide bonds. The number of nitrogens with one attached hydrogen (secondary N) is 1. The van der Waals surface area contributed by atoms with Crippen molar-refractivity contribution in [3.05, 3.63) is 34.0 Å². The lowest BCUT2D eigenvalue weighted by atomic mass is 10.1. The second-order valence-corrected chi connectivity index (χ2v) is 6.99. The molecule has 2 rings (SSSR count).